The summed E-state index contributed by atoms with van der Waals surface area (Å²) in [5.74, 6) is -0.203. The van der Waals surface area contributed by atoms with Crippen LogP contribution in [0.1, 0.15) is 67.7 Å². The Morgan fingerprint density at radius 1 is 1.12 bits per heavy atom. The molecule has 0 aromatic carbocycles. The van der Waals surface area contributed by atoms with Crippen molar-refractivity contribution in [1.29, 1.82) is 0 Å². The lowest BCUT2D eigenvalue weighted by molar-refractivity contribution is 0.0969. The number of ketones is 1. The van der Waals surface area contributed by atoms with Crippen molar-refractivity contribution >= 4 is 15.8 Å². The number of rotatable bonds is 10. The van der Waals surface area contributed by atoms with Crippen molar-refractivity contribution in [1.82, 2.24) is 13.4 Å². The molecule has 0 aliphatic heterocycles. The fourth-order valence-electron chi connectivity index (χ4n) is 4.55. The number of allylic oxidation sites excluding steroid dienone is 2. The fourth-order valence-corrected chi connectivity index (χ4v) is 6.03. The molecule has 3 rings (SSSR count). The minimum atomic E-state index is -3.72. The molecule has 2 heterocycles. The van der Waals surface area contributed by atoms with Crippen LogP contribution in [0.3, 0.4) is 0 Å². The minimum Gasteiger partial charge on any atom is -0.348 e. The van der Waals surface area contributed by atoms with Crippen molar-refractivity contribution < 1.29 is 13.2 Å². The molecule has 7 nitrogen and oxygen atoms in total. The maximum absolute atomic E-state index is 13.1. The van der Waals surface area contributed by atoms with Gasteiger partial charge in [0.2, 0.25) is 10.0 Å². The Labute approximate surface area is 196 Å². The highest BCUT2D eigenvalue weighted by Gasteiger charge is 2.23. The average Bonchev–Trinajstić information content (AvgIpc) is 3.08. The molecule has 0 saturated heterocycles. The summed E-state index contributed by atoms with van der Waals surface area (Å²) in [6.45, 7) is 8.74. The summed E-state index contributed by atoms with van der Waals surface area (Å²) in [6.07, 6.45) is 9.42. The third kappa shape index (κ3) is 5.55. The molecule has 180 valence electrons. The second kappa shape index (κ2) is 10.7. The lowest BCUT2D eigenvalue weighted by Crippen LogP contribution is -2.32. The zero-order valence-electron chi connectivity index (χ0n) is 20.1. The van der Waals surface area contributed by atoms with E-state index in [1.54, 1.807) is 13.8 Å². The number of nitrogens with zero attached hydrogens (tertiary/aromatic N) is 3. The SMILES string of the molecule is CCN(CC)S(=O)(=O)c1ccc(=O)n(CC(=O)c2cc(C)n(CCC3=CCCCC3)c2C)c1. The third-order valence-electron chi connectivity index (χ3n) is 6.53. The molecule has 1 aliphatic carbocycles. The second-order valence-electron chi connectivity index (χ2n) is 8.64. The first-order valence-electron chi connectivity index (χ1n) is 11.8. The molecular weight excluding hydrogens is 438 g/mol. The van der Waals surface area contributed by atoms with E-state index < -0.39 is 15.6 Å². The summed E-state index contributed by atoms with van der Waals surface area (Å²) in [5.41, 5.74) is 3.56. The van der Waals surface area contributed by atoms with Crippen LogP contribution in [0.5, 0.6) is 0 Å². The van der Waals surface area contributed by atoms with E-state index in [4.69, 9.17) is 0 Å². The third-order valence-corrected chi connectivity index (χ3v) is 8.56. The summed E-state index contributed by atoms with van der Waals surface area (Å²) < 4.78 is 30.4. The predicted molar refractivity (Wildman–Crippen MR) is 130 cm³/mol. The van der Waals surface area contributed by atoms with Gasteiger partial charge in [0.15, 0.2) is 5.78 Å². The molecule has 0 bridgehead atoms. The van der Waals surface area contributed by atoms with Crippen LogP contribution in [0.25, 0.3) is 0 Å². The summed E-state index contributed by atoms with van der Waals surface area (Å²) in [5, 5.41) is 0. The highest BCUT2D eigenvalue weighted by molar-refractivity contribution is 7.89. The van der Waals surface area contributed by atoms with Gasteiger partial charge >= 0.3 is 0 Å². The topological polar surface area (TPSA) is 81.4 Å². The van der Waals surface area contributed by atoms with Crippen LogP contribution in [0.15, 0.2) is 45.7 Å². The molecule has 0 unspecified atom stereocenters. The van der Waals surface area contributed by atoms with E-state index in [1.807, 2.05) is 19.9 Å². The van der Waals surface area contributed by atoms with Crippen molar-refractivity contribution in [2.75, 3.05) is 13.1 Å². The van der Waals surface area contributed by atoms with Gasteiger partial charge in [0, 0.05) is 48.8 Å². The molecule has 1 aliphatic rings. The molecule has 2 aromatic heterocycles. The van der Waals surface area contributed by atoms with Crippen molar-refractivity contribution in [3.8, 4) is 0 Å². The minimum absolute atomic E-state index is 0.0184. The number of carbonyl (C=O) groups excluding carboxylic acids is 1. The van der Waals surface area contributed by atoms with E-state index >= 15 is 0 Å². The molecule has 0 spiro atoms. The Morgan fingerprint density at radius 3 is 2.48 bits per heavy atom. The molecule has 0 fully saturated rings. The number of pyridine rings is 1. The first-order chi connectivity index (χ1) is 15.7. The van der Waals surface area contributed by atoms with Crippen molar-refractivity contribution in [3.63, 3.8) is 0 Å². The van der Waals surface area contributed by atoms with Crippen LogP contribution in [0, 0.1) is 13.8 Å². The molecule has 0 N–H and O–H groups in total. The van der Waals surface area contributed by atoms with Gasteiger partial charge in [-0.15, -0.1) is 0 Å². The van der Waals surface area contributed by atoms with Gasteiger partial charge in [-0.2, -0.15) is 4.31 Å². The highest BCUT2D eigenvalue weighted by Crippen LogP contribution is 2.23. The van der Waals surface area contributed by atoms with Gasteiger partial charge in [0.25, 0.3) is 5.56 Å². The molecule has 0 saturated carbocycles. The van der Waals surface area contributed by atoms with E-state index in [-0.39, 0.29) is 17.2 Å². The summed E-state index contributed by atoms with van der Waals surface area (Å²) in [4.78, 5) is 25.5. The van der Waals surface area contributed by atoms with Crippen LogP contribution < -0.4 is 5.56 Å². The largest absolute Gasteiger partial charge is 0.348 e. The number of hydrogen-bond acceptors (Lipinski definition) is 4. The molecule has 0 radical (unpaired) electrons. The molecule has 2 aromatic rings. The van der Waals surface area contributed by atoms with Crippen LogP contribution in [-0.2, 0) is 23.1 Å². The smallest absolute Gasteiger partial charge is 0.251 e. The van der Waals surface area contributed by atoms with Gasteiger partial charge in [-0.3, -0.25) is 9.59 Å². The number of hydrogen-bond donors (Lipinski definition) is 0. The first kappa shape index (κ1) is 25.2. The van der Waals surface area contributed by atoms with Crippen LogP contribution in [-0.4, -0.2) is 40.7 Å². The standard InChI is InChI=1S/C25H35N3O4S/c1-5-27(6-2)33(31,32)22-12-13-25(30)26(17-22)18-24(29)23-16-19(3)28(20(23)4)15-14-21-10-8-7-9-11-21/h10,12-13,16-17H,5-9,11,14-15,18H2,1-4H3. The van der Waals surface area contributed by atoms with E-state index in [2.05, 4.69) is 10.6 Å². The molecule has 33 heavy (non-hydrogen) atoms. The normalized spacial score (nSPS) is 14.5. The Hall–Kier alpha value is -2.45. The number of Topliss-reactive ketones (excluding diaryl/α,β-unsaturated/α-hetero) is 1. The molecule has 0 atom stereocenters. The van der Waals surface area contributed by atoms with Crippen molar-refractivity contribution in [2.24, 2.45) is 0 Å². The Morgan fingerprint density at radius 2 is 1.85 bits per heavy atom. The number of aromatic nitrogens is 2. The van der Waals surface area contributed by atoms with Crippen molar-refractivity contribution in [2.45, 2.75) is 77.8 Å². The van der Waals surface area contributed by atoms with Gasteiger partial charge in [-0.1, -0.05) is 25.5 Å². The predicted octanol–water partition coefficient (Wildman–Crippen LogP) is 4.07. The van der Waals surface area contributed by atoms with E-state index in [9.17, 15) is 18.0 Å². The number of carbonyl (C=O) groups is 1. The summed E-state index contributed by atoms with van der Waals surface area (Å²) in [6, 6.07) is 4.39. The van der Waals surface area contributed by atoms with Crippen LogP contribution in [0.4, 0.5) is 0 Å². The van der Waals surface area contributed by atoms with Gasteiger partial charge in [-0.05, 0) is 58.1 Å². The molecule has 8 heteroatoms. The first-order valence-corrected chi connectivity index (χ1v) is 13.2. The van der Waals surface area contributed by atoms with E-state index in [0.717, 1.165) is 37.2 Å². The van der Waals surface area contributed by atoms with Crippen LogP contribution in [0.2, 0.25) is 0 Å². The Kier molecular flexibility index (Phi) is 8.13. The highest BCUT2D eigenvalue weighted by atomic mass is 32.2. The maximum atomic E-state index is 13.1. The number of sulfonamides is 1. The zero-order valence-corrected chi connectivity index (χ0v) is 21.0. The molecular formula is C25H35N3O4S. The Balaban J connectivity index is 1.82. The van der Waals surface area contributed by atoms with E-state index in [1.165, 1.54) is 45.6 Å². The van der Waals surface area contributed by atoms with Crippen LogP contribution >= 0.6 is 0 Å². The lowest BCUT2D eigenvalue weighted by atomic mass is 9.97. The van der Waals surface area contributed by atoms with Gasteiger partial charge < -0.3 is 9.13 Å². The Bertz CT molecular complexity index is 1200. The summed E-state index contributed by atoms with van der Waals surface area (Å²) in [7, 11) is -3.72. The average molecular weight is 474 g/mol. The van der Waals surface area contributed by atoms with Crippen molar-refractivity contribution in [3.05, 3.63) is 63.4 Å². The van der Waals surface area contributed by atoms with Gasteiger partial charge in [0.05, 0.1) is 11.4 Å². The van der Waals surface area contributed by atoms with E-state index in [0.29, 0.717) is 18.7 Å². The fraction of sp³-hybridized carbons (Fsp3) is 0.520. The quantitative estimate of drug-likeness (QED) is 0.385. The van der Waals surface area contributed by atoms with Gasteiger partial charge in [-0.25, -0.2) is 8.42 Å². The summed E-state index contributed by atoms with van der Waals surface area (Å²) >= 11 is 0. The second-order valence-corrected chi connectivity index (χ2v) is 10.6. The monoisotopic (exact) mass is 473 g/mol. The van der Waals surface area contributed by atoms with Gasteiger partial charge in [0.1, 0.15) is 0 Å². The number of aryl methyl sites for hydroxylation is 1. The maximum Gasteiger partial charge on any atom is 0.251 e. The zero-order chi connectivity index (χ0) is 24.2. The lowest BCUT2D eigenvalue weighted by Gasteiger charge is -2.19. The molecule has 0 amide bonds.